The van der Waals surface area contributed by atoms with Crippen LogP contribution in [-0.2, 0) is 27.4 Å². The molecular weight excluding hydrogens is 460 g/mol. The van der Waals surface area contributed by atoms with Gasteiger partial charge in [-0.3, -0.25) is 14.5 Å². The third kappa shape index (κ3) is 6.10. The van der Waals surface area contributed by atoms with Gasteiger partial charge in [-0.15, -0.1) is 0 Å². The summed E-state index contributed by atoms with van der Waals surface area (Å²) in [7, 11) is 3.04. The van der Waals surface area contributed by atoms with Gasteiger partial charge in [0.15, 0.2) is 11.5 Å². The number of nitrogens with zero attached hydrogens (tertiary/aromatic N) is 2. The summed E-state index contributed by atoms with van der Waals surface area (Å²) >= 11 is 0. The van der Waals surface area contributed by atoms with Crippen molar-refractivity contribution in [1.82, 2.24) is 9.80 Å². The van der Waals surface area contributed by atoms with Crippen LogP contribution in [0.4, 0.5) is 0 Å². The van der Waals surface area contributed by atoms with Crippen molar-refractivity contribution in [3.63, 3.8) is 0 Å². The van der Waals surface area contributed by atoms with Crippen molar-refractivity contribution in [2.75, 3.05) is 27.6 Å². The summed E-state index contributed by atoms with van der Waals surface area (Å²) < 4.78 is 21.5. The van der Waals surface area contributed by atoms with Crippen molar-refractivity contribution < 1.29 is 28.5 Å². The molecule has 0 spiro atoms. The maximum Gasteiger partial charge on any atom is 0.323 e. The van der Waals surface area contributed by atoms with E-state index in [2.05, 4.69) is 25.7 Å². The van der Waals surface area contributed by atoms with E-state index in [1.807, 2.05) is 47.4 Å². The van der Waals surface area contributed by atoms with E-state index in [1.54, 1.807) is 7.11 Å². The minimum Gasteiger partial charge on any atom is -0.497 e. The van der Waals surface area contributed by atoms with E-state index in [0.717, 1.165) is 22.6 Å². The molecule has 1 amide bonds. The predicted octanol–water partition coefficient (Wildman–Crippen LogP) is 4.00. The Kier molecular flexibility index (Phi) is 7.73. The molecule has 2 heterocycles. The zero-order valence-electron chi connectivity index (χ0n) is 21.8. The maximum absolute atomic E-state index is 13.6. The van der Waals surface area contributed by atoms with E-state index < -0.39 is 6.04 Å². The molecule has 8 nitrogen and oxygen atoms in total. The summed E-state index contributed by atoms with van der Waals surface area (Å²) in [4.78, 5) is 30.4. The van der Waals surface area contributed by atoms with E-state index in [-0.39, 0.29) is 30.1 Å². The summed E-state index contributed by atoms with van der Waals surface area (Å²) in [6.45, 7) is 7.94. The summed E-state index contributed by atoms with van der Waals surface area (Å²) in [5.41, 5.74) is 1.84. The zero-order valence-corrected chi connectivity index (χ0v) is 21.8. The van der Waals surface area contributed by atoms with Crippen molar-refractivity contribution in [1.29, 1.82) is 0 Å². The van der Waals surface area contributed by atoms with E-state index in [0.29, 0.717) is 38.2 Å². The fraction of sp³-hybridized carbons (Fsp3) is 0.500. The largest absolute Gasteiger partial charge is 0.497 e. The molecule has 2 aliphatic heterocycles. The van der Waals surface area contributed by atoms with Gasteiger partial charge in [-0.25, -0.2) is 0 Å². The first-order valence-electron chi connectivity index (χ1n) is 12.3. The summed E-state index contributed by atoms with van der Waals surface area (Å²) in [5, 5.41) is 0. The summed E-state index contributed by atoms with van der Waals surface area (Å²) in [5.74, 6) is 1.96. The van der Waals surface area contributed by atoms with Crippen LogP contribution >= 0.6 is 0 Å². The quantitative estimate of drug-likeness (QED) is 0.511. The normalized spacial score (nSPS) is 19.2. The second kappa shape index (κ2) is 10.8. The molecule has 2 aromatic rings. The highest BCUT2D eigenvalue weighted by Crippen LogP contribution is 2.34. The summed E-state index contributed by atoms with van der Waals surface area (Å²) in [6.07, 6.45) is 0.926. The lowest BCUT2D eigenvalue weighted by molar-refractivity contribution is -0.146. The van der Waals surface area contributed by atoms with Gasteiger partial charge >= 0.3 is 5.97 Å². The molecule has 2 atom stereocenters. The molecule has 0 unspecified atom stereocenters. The van der Waals surface area contributed by atoms with Gasteiger partial charge < -0.3 is 23.8 Å². The molecule has 1 saturated heterocycles. The lowest BCUT2D eigenvalue weighted by Crippen LogP contribution is -2.42. The molecule has 0 saturated carbocycles. The Morgan fingerprint density at radius 1 is 1.06 bits per heavy atom. The van der Waals surface area contributed by atoms with Gasteiger partial charge in [0.2, 0.25) is 12.7 Å². The molecule has 2 aliphatic rings. The minimum atomic E-state index is -0.444. The molecule has 0 bridgehead atoms. The topological polar surface area (TPSA) is 77.5 Å². The van der Waals surface area contributed by atoms with Crippen molar-refractivity contribution in [2.45, 2.75) is 58.8 Å². The highest BCUT2D eigenvalue weighted by atomic mass is 16.7. The number of fused-ring (bicyclic) bond motifs is 1. The van der Waals surface area contributed by atoms with Gasteiger partial charge in [0.25, 0.3) is 0 Å². The molecule has 0 aliphatic carbocycles. The fourth-order valence-electron chi connectivity index (χ4n) is 4.88. The van der Waals surface area contributed by atoms with Gasteiger partial charge in [0.1, 0.15) is 11.8 Å². The standard InChI is InChI=1S/C28H36N2O6/c1-28(2,3)14-26(31)30(16-19-7-6-8-22(11-19)33-4)21-13-23(27(32)34-5)29(17-21)15-20-9-10-24-25(12-20)36-18-35-24/h6-12,21,23H,13-18H2,1-5H3/t21-,23-/m0/s1. The van der Waals surface area contributed by atoms with Crippen LogP contribution in [0.5, 0.6) is 17.2 Å². The van der Waals surface area contributed by atoms with E-state index in [9.17, 15) is 9.59 Å². The van der Waals surface area contributed by atoms with Gasteiger partial charge in [-0.1, -0.05) is 39.0 Å². The average Bonchev–Trinajstić information content (AvgIpc) is 3.48. The van der Waals surface area contributed by atoms with Crippen molar-refractivity contribution in [3.05, 3.63) is 53.6 Å². The Bertz CT molecular complexity index is 1100. The molecule has 36 heavy (non-hydrogen) atoms. The first-order valence-corrected chi connectivity index (χ1v) is 12.3. The molecular formula is C28H36N2O6. The number of methoxy groups -OCH3 is 2. The second-order valence-corrected chi connectivity index (χ2v) is 10.7. The van der Waals surface area contributed by atoms with Crippen LogP contribution in [-0.4, -0.2) is 61.3 Å². The Morgan fingerprint density at radius 2 is 1.83 bits per heavy atom. The third-order valence-electron chi connectivity index (χ3n) is 6.61. The Morgan fingerprint density at radius 3 is 2.56 bits per heavy atom. The number of rotatable bonds is 8. The number of amides is 1. The first kappa shape index (κ1) is 25.8. The Hall–Kier alpha value is -3.26. The van der Waals surface area contributed by atoms with Crippen LogP contribution in [0.1, 0.15) is 44.7 Å². The zero-order chi connectivity index (χ0) is 25.9. The second-order valence-electron chi connectivity index (χ2n) is 10.7. The number of ether oxygens (including phenoxy) is 4. The van der Waals surface area contributed by atoms with Gasteiger partial charge in [0.05, 0.1) is 14.2 Å². The number of benzene rings is 2. The number of hydrogen-bond acceptors (Lipinski definition) is 7. The number of carbonyl (C=O) groups is 2. The van der Waals surface area contributed by atoms with E-state index in [1.165, 1.54) is 7.11 Å². The molecule has 0 radical (unpaired) electrons. The first-order chi connectivity index (χ1) is 17.2. The molecule has 0 aromatic heterocycles. The van der Waals surface area contributed by atoms with Crippen LogP contribution in [0.15, 0.2) is 42.5 Å². The van der Waals surface area contributed by atoms with Crippen LogP contribution in [0.25, 0.3) is 0 Å². The van der Waals surface area contributed by atoms with Crippen LogP contribution in [0, 0.1) is 5.41 Å². The number of hydrogen-bond donors (Lipinski definition) is 0. The Labute approximate surface area is 213 Å². The lowest BCUT2D eigenvalue weighted by Gasteiger charge is -2.32. The monoisotopic (exact) mass is 496 g/mol. The Balaban J connectivity index is 1.58. The third-order valence-corrected chi connectivity index (χ3v) is 6.61. The minimum absolute atomic E-state index is 0.0730. The van der Waals surface area contributed by atoms with Gasteiger partial charge in [0, 0.05) is 32.1 Å². The smallest absolute Gasteiger partial charge is 0.323 e. The highest BCUT2D eigenvalue weighted by Gasteiger charge is 2.41. The van der Waals surface area contributed by atoms with Crippen LogP contribution in [0.3, 0.4) is 0 Å². The van der Waals surface area contributed by atoms with Gasteiger partial charge in [-0.05, 0) is 47.2 Å². The van der Waals surface area contributed by atoms with E-state index >= 15 is 0 Å². The van der Waals surface area contributed by atoms with Crippen LogP contribution < -0.4 is 14.2 Å². The van der Waals surface area contributed by atoms with Gasteiger partial charge in [-0.2, -0.15) is 0 Å². The van der Waals surface area contributed by atoms with Crippen molar-refractivity contribution in [3.8, 4) is 17.2 Å². The average molecular weight is 497 g/mol. The predicted molar refractivity (Wildman–Crippen MR) is 135 cm³/mol. The number of likely N-dealkylation sites (tertiary alicyclic amines) is 1. The lowest BCUT2D eigenvalue weighted by atomic mass is 9.91. The molecule has 0 N–H and O–H groups in total. The SMILES string of the molecule is COC(=O)[C@@H]1C[C@H](N(Cc2cccc(OC)c2)C(=O)CC(C)(C)C)CN1Cc1ccc2c(c1)OCO2. The molecule has 8 heteroatoms. The van der Waals surface area contributed by atoms with Crippen molar-refractivity contribution in [2.24, 2.45) is 5.41 Å². The van der Waals surface area contributed by atoms with Crippen LogP contribution in [0.2, 0.25) is 0 Å². The number of esters is 1. The van der Waals surface area contributed by atoms with E-state index in [4.69, 9.17) is 18.9 Å². The van der Waals surface area contributed by atoms with Crippen molar-refractivity contribution >= 4 is 11.9 Å². The highest BCUT2D eigenvalue weighted by molar-refractivity contribution is 5.79. The fourth-order valence-corrected chi connectivity index (χ4v) is 4.88. The maximum atomic E-state index is 13.6. The molecule has 2 aromatic carbocycles. The summed E-state index contributed by atoms with van der Waals surface area (Å²) in [6, 6.07) is 13.0. The molecule has 194 valence electrons. The molecule has 1 fully saturated rings. The number of carbonyl (C=O) groups excluding carboxylic acids is 2. The molecule has 4 rings (SSSR count).